The number of nitrogens with zero attached hydrogens (tertiary/aromatic N) is 3. The maximum absolute atomic E-state index is 12.8. The lowest BCUT2D eigenvalue weighted by Gasteiger charge is -2.37. The fraction of sp³-hybridized carbons (Fsp3) is 0.417. The van der Waals surface area contributed by atoms with Gasteiger partial charge in [0, 0.05) is 49.1 Å². The van der Waals surface area contributed by atoms with Crippen molar-refractivity contribution in [2.24, 2.45) is 5.92 Å². The molecule has 2 aliphatic rings. The molecule has 2 aromatic carbocycles. The number of aryl methyl sites for hydroxylation is 1. The predicted octanol–water partition coefficient (Wildman–Crippen LogP) is 2.96. The van der Waals surface area contributed by atoms with Crippen molar-refractivity contribution < 1.29 is 14.7 Å². The van der Waals surface area contributed by atoms with Crippen LogP contribution in [-0.2, 0) is 9.59 Å². The molecule has 2 fully saturated rings. The van der Waals surface area contributed by atoms with E-state index in [0.717, 1.165) is 42.3 Å². The largest absolute Gasteiger partial charge is 0.508 e. The second-order valence-electron chi connectivity index (χ2n) is 8.56. The molecule has 2 amide bonds. The van der Waals surface area contributed by atoms with Crippen molar-refractivity contribution in [1.29, 1.82) is 0 Å². The van der Waals surface area contributed by atoms with Gasteiger partial charge in [0.15, 0.2) is 0 Å². The fourth-order valence-corrected chi connectivity index (χ4v) is 4.44. The van der Waals surface area contributed by atoms with E-state index in [-0.39, 0.29) is 23.5 Å². The number of nitrogens with one attached hydrogen (secondary N) is 1. The summed E-state index contributed by atoms with van der Waals surface area (Å²) in [6.45, 7) is 6.58. The van der Waals surface area contributed by atoms with Crippen molar-refractivity contribution in [1.82, 2.24) is 9.80 Å². The van der Waals surface area contributed by atoms with E-state index >= 15 is 0 Å². The van der Waals surface area contributed by atoms with Gasteiger partial charge in [0.1, 0.15) is 5.75 Å². The lowest BCUT2D eigenvalue weighted by molar-refractivity contribution is -0.132. The zero-order chi connectivity index (χ0) is 22.7. The highest BCUT2D eigenvalue weighted by Gasteiger charge is 2.31. The van der Waals surface area contributed by atoms with Crippen molar-refractivity contribution in [3.05, 3.63) is 53.1 Å². The van der Waals surface area contributed by atoms with Crippen LogP contribution in [0.4, 0.5) is 11.4 Å². The minimum atomic E-state index is -0.139. The Kier molecular flexibility index (Phi) is 6.86. The molecule has 2 heterocycles. The van der Waals surface area contributed by atoms with Gasteiger partial charge in [-0.3, -0.25) is 14.5 Å². The quantitative estimate of drug-likeness (QED) is 0.676. The highest BCUT2D eigenvalue weighted by Crippen LogP contribution is 2.24. The van der Waals surface area contributed by atoms with Crippen LogP contribution in [-0.4, -0.2) is 72.5 Å². The molecule has 170 valence electrons. The van der Waals surface area contributed by atoms with Gasteiger partial charge < -0.3 is 20.2 Å². The lowest BCUT2D eigenvalue weighted by atomic mass is 10.1. The molecule has 8 heteroatoms. The SMILES string of the molecule is Cc1ccc(N2CCN(C(=O)CN3CCC(C(=O)Nc4ccc(O)cc4)C3)CC2)cc1Cl. The zero-order valence-corrected chi connectivity index (χ0v) is 19.0. The molecule has 2 aromatic rings. The number of carbonyl (C=O) groups excluding carboxylic acids is 2. The van der Waals surface area contributed by atoms with Gasteiger partial charge in [0.25, 0.3) is 0 Å². The average Bonchev–Trinajstić information content (AvgIpc) is 3.26. The summed E-state index contributed by atoms with van der Waals surface area (Å²) in [7, 11) is 0. The standard InChI is InChI=1S/C24H29ClN4O3/c1-17-2-5-20(14-22(17)25)28-10-12-29(13-11-28)23(31)16-27-9-8-18(15-27)24(32)26-19-3-6-21(30)7-4-19/h2-7,14,18,30H,8-13,15-16H2,1H3,(H,26,32). The molecule has 0 aromatic heterocycles. The van der Waals surface area contributed by atoms with Gasteiger partial charge in [-0.15, -0.1) is 0 Å². The molecular formula is C24H29ClN4O3. The van der Waals surface area contributed by atoms with Crippen molar-refractivity contribution in [2.75, 3.05) is 56.0 Å². The number of carbonyl (C=O) groups is 2. The third-order valence-corrected chi connectivity index (χ3v) is 6.70. The number of amides is 2. The number of phenolic OH excluding ortho intramolecular Hbond substituents is 1. The van der Waals surface area contributed by atoms with Crippen molar-refractivity contribution in [3.63, 3.8) is 0 Å². The number of aromatic hydroxyl groups is 1. The summed E-state index contributed by atoms with van der Waals surface area (Å²) in [6.07, 6.45) is 0.735. The maximum Gasteiger partial charge on any atom is 0.236 e. The second kappa shape index (κ2) is 9.79. The number of benzene rings is 2. The summed E-state index contributed by atoms with van der Waals surface area (Å²) in [6, 6.07) is 12.5. The molecule has 0 bridgehead atoms. The van der Waals surface area contributed by atoms with Crippen LogP contribution in [0.15, 0.2) is 42.5 Å². The molecule has 2 saturated heterocycles. The highest BCUT2D eigenvalue weighted by atomic mass is 35.5. The zero-order valence-electron chi connectivity index (χ0n) is 18.3. The molecule has 0 radical (unpaired) electrons. The third-order valence-electron chi connectivity index (χ3n) is 6.29. The molecule has 0 spiro atoms. The van der Waals surface area contributed by atoms with E-state index in [4.69, 9.17) is 11.6 Å². The topological polar surface area (TPSA) is 76.1 Å². The molecule has 7 nitrogen and oxygen atoms in total. The number of phenols is 1. The van der Waals surface area contributed by atoms with E-state index in [9.17, 15) is 14.7 Å². The minimum Gasteiger partial charge on any atom is -0.508 e. The molecule has 1 unspecified atom stereocenters. The Balaban J connectivity index is 1.23. The summed E-state index contributed by atoms with van der Waals surface area (Å²) in [5.41, 5.74) is 2.81. The molecule has 1 atom stereocenters. The Morgan fingerprint density at radius 1 is 1.06 bits per heavy atom. The van der Waals surface area contributed by atoms with Gasteiger partial charge in [0.2, 0.25) is 11.8 Å². The van der Waals surface area contributed by atoms with Crippen LogP contribution < -0.4 is 10.2 Å². The number of likely N-dealkylation sites (tertiary alicyclic amines) is 1. The summed E-state index contributed by atoms with van der Waals surface area (Å²) in [5, 5.41) is 13.0. The van der Waals surface area contributed by atoms with Gasteiger partial charge in [-0.1, -0.05) is 17.7 Å². The van der Waals surface area contributed by atoms with E-state index in [1.54, 1.807) is 24.3 Å². The van der Waals surface area contributed by atoms with E-state index < -0.39 is 0 Å². The van der Waals surface area contributed by atoms with Gasteiger partial charge in [-0.05, 0) is 61.9 Å². The first-order valence-corrected chi connectivity index (χ1v) is 11.4. The number of piperazine rings is 1. The van der Waals surface area contributed by atoms with Crippen LogP contribution in [0.2, 0.25) is 5.02 Å². The molecule has 0 saturated carbocycles. The smallest absolute Gasteiger partial charge is 0.236 e. The minimum absolute atomic E-state index is 0.0454. The monoisotopic (exact) mass is 456 g/mol. The lowest BCUT2D eigenvalue weighted by Crippen LogP contribution is -2.51. The highest BCUT2D eigenvalue weighted by molar-refractivity contribution is 6.31. The first-order valence-electron chi connectivity index (χ1n) is 11.0. The average molecular weight is 457 g/mol. The first-order chi connectivity index (χ1) is 15.4. The molecule has 2 N–H and O–H groups in total. The van der Waals surface area contributed by atoms with Crippen LogP contribution >= 0.6 is 11.6 Å². The molecular weight excluding hydrogens is 428 g/mol. The normalized spacial score (nSPS) is 19.2. The van der Waals surface area contributed by atoms with Crippen LogP contribution in [0, 0.1) is 12.8 Å². The van der Waals surface area contributed by atoms with Gasteiger partial charge in [0.05, 0.1) is 12.5 Å². The van der Waals surface area contributed by atoms with Crippen LogP contribution in [0.3, 0.4) is 0 Å². The van der Waals surface area contributed by atoms with E-state index in [1.165, 1.54) is 0 Å². The summed E-state index contributed by atoms with van der Waals surface area (Å²) < 4.78 is 0. The number of hydrogen-bond donors (Lipinski definition) is 2. The Morgan fingerprint density at radius 3 is 2.47 bits per heavy atom. The van der Waals surface area contributed by atoms with Gasteiger partial charge in [-0.25, -0.2) is 0 Å². The molecule has 4 rings (SSSR count). The van der Waals surface area contributed by atoms with Gasteiger partial charge >= 0.3 is 0 Å². The first kappa shape index (κ1) is 22.4. The van der Waals surface area contributed by atoms with E-state index in [2.05, 4.69) is 21.2 Å². The predicted molar refractivity (Wildman–Crippen MR) is 126 cm³/mol. The van der Waals surface area contributed by atoms with Gasteiger partial charge in [-0.2, -0.15) is 0 Å². The summed E-state index contributed by atoms with van der Waals surface area (Å²) in [5.74, 6) is 0.0963. The fourth-order valence-electron chi connectivity index (χ4n) is 4.26. The second-order valence-corrected chi connectivity index (χ2v) is 8.97. The Bertz CT molecular complexity index is 974. The molecule has 0 aliphatic carbocycles. The molecule has 2 aliphatic heterocycles. The number of anilines is 2. The van der Waals surface area contributed by atoms with Crippen LogP contribution in [0.1, 0.15) is 12.0 Å². The molecule has 32 heavy (non-hydrogen) atoms. The van der Waals surface area contributed by atoms with Crippen molar-refractivity contribution in [2.45, 2.75) is 13.3 Å². The number of hydrogen-bond acceptors (Lipinski definition) is 5. The Labute approximate surface area is 193 Å². The van der Waals surface area contributed by atoms with Crippen molar-refractivity contribution >= 4 is 34.8 Å². The van der Waals surface area contributed by atoms with E-state index in [0.29, 0.717) is 31.9 Å². The van der Waals surface area contributed by atoms with E-state index in [1.807, 2.05) is 24.0 Å². The maximum atomic E-state index is 12.8. The van der Waals surface area contributed by atoms with Crippen molar-refractivity contribution in [3.8, 4) is 5.75 Å². The number of halogens is 1. The Hall–Kier alpha value is -2.77. The summed E-state index contributed by atoms with van der Waals surface area (Å²) in [4.78, 5) is 31.6. The Morgan fingerprint density at radius 2 is 1.78 bits per heavy atom. The third kappa shape index (κ3) is 5.34. The van der Waals surface area contributed by atoms with Crippen LogP contribution in [0.25, 0.3) is 0 Å². The number of rotatable bonds is 5. The van der Waals surface area contributed by atoms with Crippen LogP contribution in [0.5, 0.6) is 5.75 Å². The summed E-state index contributed by atoms with van der Waals surface area (Å²) >= 11 is 6.26.